The average molecular weight is 231 g/mol. The predicted molar refractivity (Wildman–Crippen MR) is 74.3 cm³/mol. The van der Waals surface area contributed by atoms with Gasteiger partial charge >= 0.3 is 0 Å². The van der Waals surface area contributed by atoms with E-state index < -0.39 is 0 Å². The van der Waals surface area contributed by atoms with Gasteiger partial charge in [0, 0.05) is 6.04 Å². The molecule has 1 saturated carbocycles. The van der Waals surface area contributed by atoms with Crippen molar-refractivity contribution >= 4 is 0 Å². The summed E-state index contributed by atoms with van der Waals surface area (Å²) in [5.74, 6) is 0. The Hall–Kier alpha value is -0.820. The van der Waals surface area contributed by atoms with Crippen molar-refractivity contribution < 1.29 is 0 Å². The molecule has 0 radical (unpaired) electrons. The van der Waals surface area contributed by atoms with Crippen LogP contribution >= 0.6 is 0 Å². The molecular formula is C16H25N. The van der Waals surface area contributed by atoms with Gasteiger partial charge in [0.15, 0.2) is 0 Å². The maximum atomic E-state index is 6.05. The largest absolute Gasteiger partial charge is 0.328 e. The van der Waals surface area contributed by atoms with Gasteiger partial charge in [-0.05, 0) is 41.2 Å². The third-order valence-corrected chi connectivity index (χ3v) is 4.23. The van der Waals surface area contributed by atoms with E-state index in [4.69, 9.17) is 5.73 Å². The lowest BCUT2D eigenvalue weighted by molar-refractivity contribution is 0.481. The Bertz CT molecular complexity index is 385. The molecule has 0 bridgehead atoms. The minimum Gasteiger partial charge on any atom is -0.328 e. The standard InChI is InChI=1S/C16H25N/c1-15(2,3)12-5-7-13(8-6-12)16(4)10-9-14(17)11-16/h5-8,14H,9-11,17H2,1-4H3. The molecule has 0 amide bonds. The van der Waals surface area contributed by atoms with Crippen LogP contribution in [0.15, 0.2) is 24.3 Å². The van der Waals surface area contributed by atoms with Crippen molar-refractivity contribution in [1.29, 1.82) is 0 Å². The summed E-state index contributed by atoms with van der Waals surface area (Å²) in [7, 11) is 0. The SMILES string of the molecule is CC(C)(C)c1ccc(C2(C)CCC(N)C2)cc1. The molecule has 1 nitrogen and oxygen atoms in total. The zero-order valence-electron chi connectivity index (χ0n) is 11.6. The molecule has 2 rings (SSSR count). The Morgan fingerprint density at radius 2 is 1.76 bits per heavy atom. The number of benzene rings is 1. The molecule has 1 aliphatic rings. The summed E-state index contributed by atoms with van der Waals surface area (Å²) in [4.78, 5) is 0. The summed E-state index contributed by atoms with van der Waals surface area (Å²) in [6.45, 7) is 9.13. The second-order valence-electron chi connectivity index (χ2n) is 6.89. The number of hydrogen-bond acceptors (Lipinski definition) is 1. The third-order valence-electron chi connectivity index (χ3n) is 4.23. The summed E-state index contributed by atoms with van der Waals surface area (Å²) in [5, 5.41) is 0. The monoisotopic (exact) mass is 231 g/mol. The van der Waals surface area contributed by atoms with Gasteiger partial charge in [0.2, 0.25) is 0 Å². The zero-order valence-corrected chi connectivity index (χ0v) is 11.6. The second kappa shape index (κ2) is 4.13. The number of nitrogens with two attached hydrogens (primary N) is 1. The summed E-state index contributed by atoms with van der Waals surface area (Å²) in [5.41, 5.74) is 9.46. The molecule has 1 aromatic carbocycles. The molecule has 2 N–H and O–H groups in total. The zero-order chi connectivity index (χ0) is 12.7. The Morgan fingerprint density at radius 3 is 2.18 bits per heavy atom. The van der Waals surface area contributed by atoms with Crippen molar-refractivity contribution in [1.82, 2.24) is 0 Å². The maximum absolute atomic E-state index is 6.05. The number of rotatable bonds is 1. The van der Waals surface area contributed by atoms with E-state index in [1.54, 1.807) is 0 Å². The van der Waals surface area contributed by atoms with Gasteiger partial charge in [-0.1, -0.05) is 52.0 Å². The first-order chi connectivity index (χ1) is 7.81. The highest BCUT2D eigenvalue weighted by atomic mass is 14.7. The quantitative estimate of drug-likeness (QED) is 0.782. The minimum atomic E-state index is 0.242. The molecule has 1 aliphatic carbocycles. The van der Waals surface area contributed by atoms with Crippen molar-refractivity contribution in [2.75, 3.05) is 0 Å². The first-order valence-corrected chi connectivity index (χ1v) is 6.68. The van der Waals surface area contributed by atoms with Gasteiger partial charge < -0.3 is 5.73 Å². The van der Waals surface area contributed by atoms with E-state index >= 15 is 0 Å². The molecule has 1 aromatic rings. The molecular weight excluding hydrogens is 206 g/mol. The Labute approximate surface area is 105 Å². The fourth-order valence-electron chi connectivity index (χ4n) is 2.92. The van der Waals surface area contributed by atoms with Crippen molar-refractivity contribution in [2.24, 2.45) is 5.73 Å². The molecule has 1 fully saturated rings. The van der Waals surface area contributed by atoms with E-state index in [-0.39, 0.29) is 5.41 Å². The molecule has 17 heavy (non-hydrogen) atoms. The lowest BCUT2D eigenvalue weighted by Gasteiger charge is -2.26. The predicted octanol–water partition coefficient (Wildman–Crippen LogP) is 3.75. The Morgan fingerprint density at radius 1 is 1.18 bits per heavy atom. The van der Waals surface area contributed by atoms with Gasteiger partial charge in [-0.3, -0.25) is 0 Å². The Kier molecular flexibility index (Phi) is 3.07. The lowest BCUT2D eigenvalue weighted by atomic mass is 9.79. The van der Waals surface area contributed by atoms with Gasteiger partial charge in [0.1, 0.15) is 0 Å². The normalized spacial score (nSPS) is 29.6. The maximum Gasteiger partial charge on any atom is 0.00475 e. The van der Waals surface area contributed by atoms with Crippen LogP contribution in [0, 0.1) is 0 Å². The van der Waals surface area contributed by atoms with Crippen LogP contribution in [0.2, 0.25) is 0 Å². The van der Waals surface area contributed by atoms with Crippen molar-refractivity contribution in [2.45, 2.75) is 63.8 Å². The van der Waals surface area contributed by atoms with Crippen LogP contribution in [0.3, 0.4) is 0 Å². The van der Waals surface area contributed by atoms with E-state index in [1.807, 2.05) is 0 Å². The van der Waals surface area contributed by atoms with Crippen molar-refractivity contribution in [3.63, 3.8) is 0 Å². The molecule has 0 aromatic heterocycles. The number of hydrogen-bond donors (Lipinski definition) is 1. The molecule has 2 atom stereocenters. The molecule has 2 unspecified atom stereocenters. The average Bonchev–Trinajstić information content (AvgIpc) is 2.59. The smallest absolute Gasteiger partial charge is 0.00475 e. The first kappa shape index (κ1) is 12.6. The molecule has 1 heteroatoms. The molecule has 94 valence electrons. The first-order valence-electron chi connectivity index (χ1n) is 6.68. The highest BCUT2D eigenvalue weighted by molar-refractivity contribution is 5.32. The highest BCUT2D eigenvalue weighted by Crippen LogP contribution is 2.40. The van der Waals surface area contributed by atoms with Gasteiger partial charge in [-0.15, -0.1) is 0 Å². The third kappa shape index (κ3) is 2.55. The highest BCUT2D eigenvalue weighted by Gasteiger charge is 2.34. The van der Waals surface area contributed by atoms with E-state index in [0.717, 1.165) is 12.8 Å². The van der Waals surface area contributed by atoms with Crippen LogP contribution in [0.25, 0.3) is 0 Å². The molecule has 0 aliphatic heterocycles. The van der Waals surface area contributed by atoms with Crippen LogP contribution in [0.4, 0.5) is 0 Å². The summed E-state index contributed by atoms with van der Waals surface area (Å²) in [6.07, 6.45) is 3.52. The van der Waals surface area contributed by atoms with E-state index in [2.05, 4.69) is 52.0 Å². The van der Waals surface area contributed by atoms with Gasteiger partial charge in [-0.25, -0.2) is 0 Å². The summed E-state index contributed by atoms with van der Waals surface area (Å²) < 4.78 is 0. The Balaban J connectivity index is 2.24. The fourth-order valence-corrected chi connectivity index (χ4v) is 2.92. The van der Waals surface area contributed by atoms with Gasteiger partial charge in [0.25, 0.3) is 0 Å². The topological polar surface area (TPSA) is 26.0 Å². The van der Waals surface area contributed by atoms with Crippen molar-refractivity contribution in [3.05, 3.63) is 35.4 Å². The van der Waals surface area contributed by atoms with Crippen LogP contribution in [0.5, 0.6) is 0 Å². The van der Waals surface area contributed by atoms with Crippen LogP contribution in [-0.4, -0.2) is 6.04 Å². The van der Waals surface area contributed by atoms with Crippen LogP contribution in [-0.2, 0) is 10.8 Å². The molecule has 0 spiro atoms. The van der Waals surface area contributed by atoms with Crippen LogP contribution in [0.1, 0.15) is 58.1 Å². The fraction of sp³-hybridized carbons (Fsp3) is 0.625. The van der Waals surface area contributed by atoms with E-state index in [0.29, 0.717) is 11.5 Å². The molecule has 0 saturated heterocycles. The van der Waals surface area contributed by atoms with Crippen molar-refractivity contribution in [3.8, 4) is 0 Å². The second-order valence-corrected chi connectivity index (χ2v) is 6.89. The lowest BCUT2D eigenvalue weighted by Crippen LogP contribution is -2.22. The van der Waals surface area contributed by atoms with Gasteiger partial charge in [0.05, 0.1) is 0 Å². The van der Waals surface area contributed by atoms with E-state index in [1.165, 1.54) is 17.5 Å². The molecule has 0 heterocycles. The van der Waals surface area contributed by atoms with E-state index in [9.17, 15) is 0 Å². The van der Waals surface area contributed by atoms with Crippen LogP contribution < -0.4 is 5.73 Å². The minimum absolute atomic E-state index is 0.242. The summed E-state index contributed by atoms with van der Waals surface area (Å²) >= 11 is 0. The summed E-state index contributed by atoms with van der Waals surface area (Å²) in [6, 6.07) is 9.56. The van der Waals surface area contributed by atoms with Gasteiger partial charge in [-0.2, -0.15) is 0 Å².